The van der Waals surface area contributed by atoms with Crippen LogP contribution < -0.4 is 5.32 Å². The van der Waals surface area contributed by atoms with E-state index in [-0.39, 0.29) is 0 Å². The van der Waals surface area contributed by atoms with Crippen LogP contribution in [0.5, 0.6) is 0 Å². The maximum absolute atomic E-state index is 5.72. The molecule has 0 radical (unpaired) electrons. The third kappa shape index (κ3) is 2.61. The molecule has 0 saturated heterocycles. The Hall–Kier alpha value is -0.760. The molecule has 1 saturated carbocycles. The predicted molar refractivity (Wildman–Crippen MR) is 59.7 cm³/mol. The van der Waals surface area contributed by atoms with Crippen molar-refractivity contribution in [3.63, 3.8) is 0 Å². The van der Waals surface area contributed by atoms with Gasteiger partial charge in [-0.15, -0.1) is 0 Å². The summed E-state index contributed by atoms with van der Waals surface area (Å²) in [5.41, 5.74) is 1.08. The van der Waals surface area contributed by atoms with Gasteiger partial charge in [0.05, 0.1) is 11.9 Å². The molecule has 0 aliphatic heterocycles. The Balaban J connectivity index is 1.92. The SMILES string of the molecule is Clc1ccc(NC2CCCCC2)cn1. The topological polar surface area (TPSA) is 24.9 Å². The van der Waals surface area contributed by atoms with Crippen molar-refractivity contribution in [2.24, 2.45) is 0 Å². The molecule has 1 aliphatic carbocycles. The van der Waals surface area contributed by atoms with Gasteiger partial charge in [-0.05, 0) is 25.0 Å². The van der Waals surface area contributed by atoms with E-state index in [0.717, 1.165) is 5.69 Å². The van der Waals surface area contributed by atoms with E-state index in [0.29, 0.717) is 11.2 Å². The summed E-state index contributed by atoms with van der Waals surface area (Å²) in [6.45, 7) is 0. The van der Waals surface area contributed by atoms with Crippen LogP contribution in [0.4, 0.5) is 5.69 Å². The van der Waals surface area contributed by atoms with E-state index in [4.69, 9.17) is 11.6 Å². The van der Waals surface area contributed by atoms with Crippen molar-refractivity contribution in [2.75, 3.05) is 5.32 Å². The zero-order valence-electron chi connectivity index (χ0n) is 8.17. The number of rotatable bonds is 2. The maximum atomic E-state index is 5.72. The molecule has 1 fully saturated rings. The van der Waals surface area contributed by atoms with E-state index in [1.165, 1.54) is 32.1 Å². The molecule has 0 spiro atoms. The fourth-order valence-electron chi connectivity index (χ4n) is 1.94. The number of anilines is 1. The van der Waals surface area contributed by atoms with Crippen molar-refractivity contribution >= 4 is 17.3 Å². The van der Waals surface area contributed by atoms with Gasteiger partial charge in [-0.2, -0.15) is 0 Å². The van der Waals surface area contributed by atoms with Crippen LogP contribution in [0, 0.1) is 0 Å². The lowest BCUT2D eigenvalue weighted by Gasteiger charge is -2.23. The summed E-state index contributed by atoms with van der Waals surface area (Å²) in [7, 11) is 0. The molecular formula is C11H15ClN2. The highest BCUT2D eigenvalue weighted by molar-refractivity contribution is 6.29. The molecular weight excluding hydrogens is 196 g/mol. The number of nitrogens with zero attached hydrogens (tertiary/aromatic N) is 1. The van der Waals surface area contributed by atoms with Gasteiger partial charge in [0.15, 0.2) is 0 Å². The fourth-order valence-corrected chi connectivity index (χ4v) is 2.06. The van der Waals surface area contributed by atoms with Gasteiger partial charge in [-0.3, -0.25) is 0 Å². The lowest BCUT2D eigenvalue weighted by Crippen LogP contribution is -2.22. The first-order valence-corrected chi connectivity index (χ1v) is 5.60. The van der Waals surface area contributed by atoms with E-state index in [1.54, 1.807) is 6.20 Å². The molecule has 0 unspecified atom stereocenters. The van der Waals surface area contributed by atoms with E-state index >= 15 is 0 Å². The van der Waals surface area contributed by atoms with Gasteiger partial charge in [0.1, 0.15) is 5.15 Å². The van der Waals surface area contributed by atoms with Gasteiger partial charge < -0.3 is 5.32 Å². The average molecular weight is 211 g/mol. The Morgan fingerprint density at radius 3 is 2.64 bits per heavy atom. The summed E-state index contributed by atoms with van der Waals surface area (Å²) in [6, 6.07) is 4.45. The summed E-state index contributed by atoms with van der Waals surface area (Å²) < 4.78 is 0. The average Bonchev–Trinajstić information content (AvgIpc) is 2.23. The second-order valence-corrected chi connectivity index (χ2v) is 4.24. The van der Waals surface area contributed by atoms with Crippen molar-refractivity contribution < 1.29 is 0 Å². The predicted octanol–water partition coefficient (Wildman–Crippen LogP) is 3.48. The molecule has 76 valence electrons. The Bertz CT molecular complexity index is 278. The Morgan fingerprint density at radius 2 is 2.00 bits per heavy atom. The molecule has 0 atom stereocenters. The van der Waals surface area contributed by atoms with E-state index in [1.807, 2.05) is 12.1 Å². The van der Waals surface area contributed by atoms with Crippen molar-refractivity contribution in [3.05, 3.63) is 23.5 Å². The molecule has 1 aliphatic rings. The molecule has 1 aromatic heterocycles. The van der Waals surface area contributed by atoms with Crippen LogP contribution in [-0.2, 0) is 0 Å². The van der Waals surface area contributed by atoms with Gasteiger partial charge in [0.25, 0.3) is 0 Å². The van der Waals surface area contributed by atoms with Crippen LogP contribution in [0.2, 0.25) is 5.15 Å². The molecule has 0 bridgehead atoms. The molecule has 1 N–H and O–H groups in total. The smallest absolute Gasteiger partial charge is 0.129 e. The molecule has 2 nitrogen and oxygen atoms in total. The van der Waals surface area contributed by atoms with Crippen molar-refractivity contribution in [2.45, 2.75) is 38.1 Å². The third-order valence-corrected chi connectivity index (χ3v) is 2.93. The summed E-state index contributed by atoms with van der Waals surface area (Å²) in [5.74, 6) is 0. The lowest BCUT2D eigenvalue weighted by atomic mass is 9.95. The van der Waals surface area contributed by atoms with Gasteiger partial charge in [0.2, 0.25) is 0 Å². The van der Waals surface area contributed by atoms with E-state index < -0.39 is 0 Å². The zero-order chi connectivity index (χ0) is 9.80. The normalized spacial score (nSPS) is 18.1. The minimum absolute atomic E-state index is 0.555. The zero-order valence-corrected chi connectivity index (χ0v) is 8.93. The highest BCUT2D eigenvalue weighted by atomic mass is 35.5. The number of hydrogen-bond donors (Lipinski definition) is 1. The van der Waals surface area contributed by atoms with Crippen LogP contribution in [0.3, 0.4) is 0 Å². The number of halogens is 1. The van der Waals surface area contributed by atoms with Gasteiger partial charge in [0, 0.05) is 6.04 Å². The van der Waals surface area contributed by atoms with E-state index in [2.05, 4.69) is 10.3 Å². The number of hydrogen-bond acceptors (Lipinski definition) is 2. The molecule has 0 amide bonds. The van der Waals surface area contributed by atoms with Crippen LogP contribution >= 0.6 is 11.6 Å². The molecule has 0 aromatic carbocycles. The van der Waals surface area contributed by atoms with E-state index in [9.17, 15) is 0 Å². The Morgan fingerprint density at radius 1 is 1.21 bits per heavy atom. The minimum atomic E-state index is 0.555. The van der Waals surface area contributed by atoms with Gasteiger partial charge in [-0.25, -0.2) is 4.98 Å². The monoisotopic (exact) mass is 210 g/mol. The summed E-state index contributed by atoms with van der Waals surface area (Å²) >= 11 is 5.72. The van der Waals surface area contributed by atoms with Crippen LogP contribution in [-0.4, -0.2) is 11.0 Å². The summed E-state index contributed by atoms with van der Waals surface area (Å²) in [5, 5.41) is 4.04. The fraction of sp³-hybridized carbons (Fsp3) is 0.545. The minimum Gasteiger partial charge on any atom is -0.381 e. The van der Waals surface area contributed by atoms with Crippen LogP contribution in [0.15, 0.2) is 18.3 Å². The summed E-state index contributed by atoms with van der Waals surface area (Å²) in [6.07, 6.45) is 8.44. The van der Waals surface area contributed by atoms with Crippen LogP contribution in [0.1, 0.15) is 32.1 Å². The molecule has 3 heteroatoms. The first-order chi connectivity index (χ1) is 6.84. The highest BCUT2D eigenvalue weighted by Crippen LogP contribution is 2.21. The van der Waals surface area contributed by atoms with Crippen LogP contribution in [0.25, 0.3) is 0 Å². The van der Waals surface area contributed by atoms with Crippen molar-refractivity contribution in [1.82, 2.24) is 4.98 Å². The van der Waals surface area contributed by atoms with Gasteiger partial charge in [-0.1, -0.05) is 30.9 Å². The second kappa shape index (κ2) is 4.65. The molecule has 2 rings (SSSR count). The number of nitrogens with one attached hydrogen (secondary N) is 1. The van der Waals surface area contributed by atoms with Gasteiger partial charge >= 0.3 is 0 Å². The summed E-state index contributed by atoms with van der Waals surface area (Å²) in [4.78, 5) is 4.05. The third-order valence-electron chi connectivity index (χ3n) is 2.70. The lowest BCUT2D eigenvalue weighted by molar-refractivity contribution is 0.462. The molecule has 1 heterocycles. The number of pyridine rings is 1. The first-order valence-electron chi connectivity index (χ1n) is 5.23. The van der Waals surface area contributed by atoms with Crippen molar-refractivity contribution in [3.8, 4) is 0 Å². The largest absolute Gasteiger partial charge is 0.381 e. The van der Waals surface area contributed by atoms with Crippen molar-refractivity contribution in [1.29, 1.82) is 0 Å². The Kier molecular flexibility index (Phi) is 3.25. The second-order valence-electron chi connectivity index (χ2n) is 3.85. The standard InChI is InChI=1S/C11H15ClN2/c12-11-7-6-10(8-13-11)14-9-4-2-1-3-5-9/h6-9,14H,1-5H2. The first kappa shape index (κ1) is 9.78. The molecule has 1 aromatic rings. The Labute approximate surface area is 89.7 Å². The number of aromatic nitrogens is 1. The quantitative estimate of drug-likeness (QED) is 0.756. The highest BCUT2D eigenvalue weighted by Gasteiger charge is 2.12. The molecule has 14 heavy (non-hydrogen) atoms. The maximum Gasteiger partial charge on any atom is 0.129 e.